The molecule has 1 N–H and O–H groups in total. The molecule has 0 atom stereocenters. The molecule has 2 aromatic rings. The van der Waals surface area contributed by atoms with Gasteiger partial charge in [-0.15, -0.1) is 11.1 Å². The molecule has 1 aliphatic heterocycles. The van der Waals surface area contributed by atoms with E-state index < -0.39 is 0 Å². The third-order valence-corrected chi connectivity index (χ3v) is 4.80. The molecular weight excluding hydrogens is 357 g/mol. The second-order valence-electron chi connectivity index (χ2n) is 6.29. The molecule has 2 nitrogen and oxygen atoms in total. The van der Waals surface area contributed by atoms with Crippen molar-refractivity contribution in [2.75, 3.05) is 13.1 Å². The van der Waals surface area contributed by atoms with Gasteiger partial charge in [0.15, 0.2) is 0 Å². The second-order valence-corrected chi connectivity index (χ2v) is 6.29. The van der Waals surface area contributed by atoms with Gasteiger partial charge in [0, 0.05) is 38.9 Å². The Morgan fingerprint density at radius 2 is 1.87 bits per heavy atom. The van der Waals surface area contributed by atoms with Crippen LogP contribution in [0.4, 0.5) is 0 Å². The third-order valence-electron chi connectivity index (χ3n) is 4.80. The van der Waals surface area contributed by atoms with Crippen LogP contribution in [-0.2, 0) is 45.6 Å². The van der Waals surface area contributed by atoms with Crippen LogP contribution < -0.4 is 5.32 Å². The van der Waals surface area contributed by atoms with E-state index in [2.05, 4.69) is 42.6 Å². The molecule has 23 heavy (non-hydrogen) atoms. The summed E-state index contributed by atoms with van der Waals surface area (Å²) in [5, 5.41) is 3.46. The predicted octanol–water partition coefficient (Wildman–Crippen LogP) is 3.47. The zero-order valence-electron chi connectivity index (χ0n) is 13.7. The van der Waals surface area contributed by atoms with E-state index in [1.54, 1.807) is 5.57 Å². The van der Waals surface area contributed by atoms with E-state index in [9.17, 15) is 0 Å². The molecule has 0 unspecified atom stereocenters. The van der Waals surface area contributed by atoms with E-state index in [1.165, 1.54) is 33.5 Å². The van der Waals surface area contributed by atoms with Crippen LogP contribution in [0.15, 0.2) is 36.0 Å². The number of nitrogens with zero attached hydrogens (tertiary/aromatic N) is 1. The molecule has 0 amide bonds. The molecule has 0 saturated carbocycles. The number of hydrogen-bond acceptors (Lipinski definition) is 2. The molecular formula is C20H21N2Y-. The minimum absolute atomic E-state index is 0. The van der Waals surface area contributed by atoms with E-state index in [1.807, 2.05) is 6.20 Å². The van der Waals surface area contributed by atoms with Gasteiger partial charge in [-0.05, 0) is 56.0 Å². The van der Waals surface area contributed by atoms with Crippen LogP contribution >= 0.6 is 0 Å². The largest absolute Gasteiger partial charge is 0.316 e. The molecule has 2 heterocycles. The maximum Gasteiger partial charge on any atom is 0.0617 e. The zero-order chi connectivity index (χ0) is 14.9. The quantitative estimate of drug-likeness (QED) is 0.711. The normalized spacial score (nSPS) is 16.9. The standard InChI is InChI=1S/C20H21N2.Y/c1-14-4-7-18-17(13-14)6-5-16-3-2-10-22-20(16)19(18)15-8-11-21-12-9-15;/h2-3,7,10,13,21H,5-6,8-9,11-12H2,1H3;/q-1;. The van der Waals surface area contributed by atoms with Crippen molar-refractivity contribution in [2.45, 2.75) is 32.6 Å². The van der Waals surface area contributed by atoms with Crippen LogP contribution in [0.2, 0.25) is 0 Å². The SMILES string of the molecule is Cc1[c-]cc2c(c1)CCc1cccnc1C2=C1CCNCC1.[Y]. The molecule has 1 fully saturated rings. The number of hydrogen-bond donors (Lipinski definition) is 1. The maximum atomic E-state index is 4.77. The van der Waals surface area contributed by atoms with Crippen molar-refractivity contribution in [1.82, 2.24) is 10.3 Å². The average Bonchev–Trinajstić information content (AvgIpc) is 2.72. The van der Waals surface area contributed by atoms with E-state index >= 15 is 0 Å². The number of aryl methyl sites for hydroxylation is 3. The van der Waals surface area contributed by atoms with Gasteiger partial charge in [-0.2, -0.15) is 23.8 Å². The smallest absolute Gasteiger partial charge is 0.0617 e. The Bertz CT molecular complexity index is 741. The number of nitrogens with one attached hydrogen (secondary N) is 1. The predicted molar refractivity (Wildman–Crippen MR) is 89.8 cm³/mol. The fourth-order valence-electron chi connectivity index (χ4n) is 3.70. The first-order chi connectivity index (χ1) is 10.8. The Hall–Kier alpha value is -0.826. The Kier molecular flexibility index (Phi) is 5.46. The molecule has 115 valence electrons. The Morgan fingerprint density at radius 1 is 1.09 bits per heavy atom. The number of pyridine rings is 1. The van der Waals surface area contributed by atoms with Crippen LogP contribution in [-0.4, -0.2) is 18.1 Å². The minimum Gasteiger partial charge on any atom is -0.316 e. The van der Waals surface area contributed by atoms with Gasteiger partial charge in [-0.3, -0.25) is 4.98 Å². The first-order valence-electron chi connectivity index (χ1n) is 8.21. The van der Waals surface area contributed by atoms with Crippen molar-refractivity contribution in [2.24, 2.45) is 0 Å². The summed E-state index contributed by atoms with van der Waals surface area (Å²) in [4.78, 5) is 4.77. The van der Waals surface area contributed by atoms with Gasteiger partial charge < -0.3 is 5.32 Å². The summed E-state index contributed by atoms with van der Waals surface area (Å²) < 4.78 is 0. The van der Waals surface area contributed by atoms with Crippen LogP contribution in [0.25, 0.3) is 5.57 Å². The fraction of sp³-hybridized carbons (Fsp3) is 0.350. The van der Waals surface area contributed by atoms with Crippen LogP contribution in [0.5, 0.6) is 0 Å². The Morgan fingerprint density at radius 3 is 2.70 bits per heavy atom. The molecule has 1 aromatic carbocycles. The fourth-order valence-corrected chi connectivity index (χ4v) is 3.70. The summed E-state index contributed by atoms with van der Waals surface area (Å²) in [7, 11) is 0. The Balaban J connectivity index is 0.00000156. The summed E-state index contributed by atoms with van der Waals surface area (Å²) in [6.45, 7) is 4.28. The summed E-state index contributed by atoms with van der Waals surface area (Å²) in [5.41, 5.74) is 9.58. The van der Waals surface area contributed by atoms with Gasteiger partial charge in [0.2, 0.25) is 0 Å². The van der Waals surface area contributed by atoms with Gasteiger partial charge >= 0.3 is 0 Å². The maximum absolute atomic E-state index is 4.77. The molecule has 0 bridgehead atoms. The minimum atomic E-state index is 0. The first kappa shape index (κ1) is 17.0. The van der Waals surface area contributed by atoms with Gasteiger partial charge in [0.1, 0.15) is 0 Å². The van der Waals surface area contributed by atoms with Crippen molar-refractivity contribution in [3.05, 3.63) is 70.0 Å². The summed E-state index contributed by atoms with van der Waals surface area (Å²) in [6, 6.07) is 12.2. The zero-order valence-corrected chi connectivity index (χ0v) is 16.5. The van der Waals surface area contributed by atoms with Crippen molar-refractivity contribution in [3.8, 4) is 0 Å². The number of benzene rings is 1. The van der Waals surface area contributed by atoms with Gasteiger partial charge in [0.05, 0.1) is 5.69 Å². The van der Waals surface area contributed by atoms with Gasteiger partial charge in [0.25, 0.3) is 0 Å². The summed E-state index contributed by atoms with van der Waals surface area (Å²) >= 11 is 0. The first-order valence-corrected chi connectivity index (χ1v) is 8.21. The number of piperidine rings is 1. The Labute approximate surface area is 163 Å². The summed E-state index contributed by atoms with van der Waals surface area (Å²) in [5.74, 6) is 0. The second kappa shape index (κ2) is 7.38. The molecule has 3 heteroatoms. The number of rotatable bonds is 0. The third kappa shape index (κ3) is 3.35. The van der Waals surface area contributed by atoms with Crippen LogP contribution in [0.1, 0.15) is 40.8 Å². The van der Waals surface area contributed by atoms with Crippen LogP contribution in [0.3, 0.4) is 0 Å². The molecule has 1 saturated heterocycles. The monoisotopic (exact) mass is 378 g/mol. The molecule has 4 rings (SSSR count). The van der Waals surface area contributed by atoms with E-state index in [-0.39, 0.29) is 32.7 Å². The van der Waals surface area contributed by atoms with E-state index in [0.29, 0.717) is 0 Å². The van der Waals surface area contributed by atoms with Crippen LogP contribution in [0, 0.1) is 13.0 Å². The average molecular weight is 378 g/mol. The molecule has 1 aromatic heterocycles. The summed E-state index contributed by atoms with van der Waals surface area (Å²) in [6.07, 6.45) is 6.36. The molecule has 1 aliphatic carbocycles. The van der Waals surface area contributed by atoms with Gasteiger partial charge in [-0.25, -0.2) is 0 Å². The van der Waals surface area contributed by atoms with Crippen molar-refractivity contribution in [3.63, 3.8) is 0 Å². The van der Waals surface area contributed by atoms with E-state index in [0.717, 1.165) is 38.8 Å². The number of aromatic nitrogens is 1. The topological polar surface area (TPSA) is 24.9 Å². The molecule has 1 radical (unpaired) electrons. The van der Waals surface area contributed by atoms with Crippen molar-refractivity contribution in [1.29, 1.82) is 0 Å². The van der Waals surface area contributed by atoms with Gasteiger partial charge in [-0.1, -0.05) is 18.6 Å². The molecule has 0 spiro atoms. The van der Waals surface area contributed by atoms with Crippen molar-refractivity contribution >= 4 is 5.57 Å². The number of fused-ring (bicyclic) bond motifs is 2. The van der Waals surface area contributed by atoms with E-state index in [4.69, 9.17) is 4.98 Å². The van der Waals surface area contributed by atoms with Crippen molar-refractivity contribution < 1.29 is 32.7 Å². The molecule has 2 aliphatic rings.